The van der Waals surface area contributed by atoms with Gasteiger partial charge >= 0.3 is 12.0 Å². The summed E-state index contributed by atoms with van der Waals surface area (Å²) >= 11 is 0. The van der Waals surface area contributed by atoms with Gasteiger partial charge < -0.3 is 20.3 Å². The summed E-state index contributed by atoms with van der Waals surface area (Å²) in [7, 11) is 0. The lowest BCUT2D eigenvalue weighted by Gasteiger charge is -2.24. The number of carbonyl (C=O) groups is 2. The van der Waals surface area contributed by atoms with Gasteiger partial charge in [0.1, 0.15) is 6.04 Å². The Morgan fingerprint density at radius 2 is 2.38 bits per heavy atom. The third kappa shape index (κ3) is 4.21. The number of hydrogen-bond acceptors (Lipinski definition) is 4. The molecule has 0 radical (unpaired) electrons. The van der Waals surface area contributed by atoms with E-state index in [-0.39, 0.29) is 18.9 Å². The van der Waals surface area contributed by atoms with E-state index in [1.54, 1.807) is 4.90 Å². The minimum Gasteiger partial charge on any atom is -0.480 e. The van der Waals surface area contributed by atoms with E-state index >= 15 is 0 Å². The lowest BCUT2D eigenvalue weighted by atomic mass is 10.1. The van der Waals surface area contributed by atoms with Crippen LogP contribution >= 0.6 is 0 Å². The predicted octanol–water partition coefficient (Wildman–Crippen LogP) is 0.493. The molecule has 0 saturated heterocycles. The molecule has 1 fully saturated rings. The van der Waals surface area contributed by atoms with Crippen molar-refractivity contribution in [3.05, 3.63) is 18.2 Å². The first-order valence-electron chi connectivity index (χ1n) is 6.76. The Balaban J connectivity index is 1.96. The highest BCUT2D eigenvalue weighted by atomic mass is 16.4. The molecule has 8 heteroatoms. The highest BCUT2D eigenvalue weighted by Gasteiger charge is 2.34. The van der Waals surface area contributed by atoms with Crippen LogP contribution in [0.3, 0.4) is 0 Å². The number of H-pyrrole nitrogens is 1. The molecule has 1 aliphatic carbocycles. The van der Waals surface area contributed by atoms with Gasteiger partial charge in [-0.15, -0.1) is 0 Å². The second kappa shape index (κ2) is 6.74. The smallest absolute Gasteiger partial charge is 0.326 e. The second-order valence-electron chi connectivity index (χ2n) is 4.95. The standard InChI is InChI=1S/C13H17N5O3/c14-4-1-5-18(10-2-3-10)13(21)17-11(12(19)20)6-9-7-15-8-16-9/h7-8,10-11H,1-3,5-6H2,(H,15,16)(H,17,21)(H,19,20)/t11-/m0/s1. The van der Waals surface area contributed by atoms with E-state index in [1.807, 2.05) is 6.07 Å². The Morgan fingerprint density at radius 3 is 2.90 bits per heavy atom. The molecular formula is C13H17N5O3. The maximum atomic E-state index is 12.2. The van der Waals surface area contributed by atoms with E-state index in [2.05, 4.69) is 15.3 Å². The zero-order valence-corrected chi connectivity index (χ0v) is 11.5. The molecular weight excluding hydrogens is 274 g/mol. The number of nitrogens with zero attached hydrogens (tertiary/aromatic N) is 3. The van der Waals surface area contributed by atoms with E-state index in [1.165, 1.54) is 12.5 Å². The van der Waals surface area contributed by atoms with Gasteiger partial charge in [0, 0.05) is 30.9 Å². The summed E-state index contributed by atoms with van der Waals surface area (Å²) in [6, 6.07) is 0.664. The topological polar surface area (TPSA) is 122 Å². The molecule has 0 unspecified atom stereocenters. The van der Waals surface area contributed by atoms with E-state index < -0.39 is 18.0 Å². The number of aliphatic carboxylic acids is 1. The van der Waals surface area contributed by atoms with Crippen molar-refractivity contribution in [2.75, 3.05) is 6.54 Å². The number of hydrogen-bond donors (Lipinski definition) is 3. The van der Waals surface area contributed by atoms with Crippen molar-refractivity contribution < 1.29 is 14.7 Å². The lowest BCUT2D eigenvalue weighted by Crippen LogP contribution is -2.49. The maximum Gasteiger partial charge on any atom is 0.326 e. The van der Waals surface area contributed by atoms with Gasteiger partial charge in [-0.05, 0) is 12.8 Å². The molecule has 1 aromatic rings. The van der Waals surface area contributed by atoms with Crippen molar-refractivity contribution in [1.29, 1.82) is 5.26 Å². The number of nitrogens with one attached hydrogen (secondary N) is 2. The second-order valence-corrected chi connectivity index (χ2v) is 4.95. The average molecular weight is 291 g/mol. The number of carboxylic acid groups (broad SMARTS) is 1. The normalized spacial score (nSPS) is 15.0. The fraction of sp³-hybridized carbons (Fsp3) is 0.538. The van der Waals surface area contributed by atoms with Crippen LogP contribution in [0.5, 0.6) is 0 Å². The molecule has 112 valence electrons. The van der Waals surface area contributed by atoms with Crippen LogP contribution in [-0.4, -0.2) is 50.6 Å². The minimum atomic E-state index is -1.10. The van der Waals surface area contributed by atoms with Crippen LogP contribution in [0, 0.1) is 11.3 Å². The Kier molecular flexibility index (Phi) is 4.77. The number of urea groups is 1. The summed E-state index contributed by atoms with van der Waals surface area (Å²) < 4.78 is 0. The molecule has 0 aromatic carbocycles. The van der Waals surface area contributed by atoms with Crippen LogP contribution in [0.15, 0.2) is 12.5 Å². The number of amides is 2. The summed E-state index contributed by atoms with van der Waals surface area (Å²) in [6.45, 7) is 0.323. The number of carboxylic acids is 1. The van der Waals surface area contributed by atoms with Gasteiger partial charge in [0.25, 0.3) is 0 Å². The zero-order chi connectivity index (χ0) is 15.2. The SMILES string of the molecule is N#CCCN(C(=O)N[C@@H](Cc1cnc[nH]1)C(=O)O)C1CC1. The first kappa shape index (κ1) is 14.8. The van der Waals surface area contributed by atoms with E-state index in [0.717, 1.165) is 12.8 Å². The number of nitriles is 1. The molecule has 2 amide bonds. The quantitative estimate of drug-likeness (QED) is 0.675. The summed E-state index contributed by atoms with van der Waals surface area (Å²) in [6.07, 6.45) is 5.16. The van der Waals surface area contributed by atoms with Gasteiger partial charge in [-0.2, -0.15) is 5.26 Å². The molecule has 1 atom stereocenters. The number of aromatic amines is 1. The molecule has 0 aliphatic heterocycles. The predicted molar refractivity (Wildman–Crippen MR) is 72.2 cm³/mol. The van der Waals surface area contributed by atoms with Gasteiger partial charge in [-0.1, -0.05) is 0 Å². The largest absolute Gasteiger partial charge is 0.480 e. The molecule has 0 spiro atoms. The van der Waals surface area contributed by atoms with Crippen molar-refractivity contribution in [1.82, 2.24) is 20.2 Å². The maximum absolute atomic E-state index is 12.2. The molecule has 2 rings (SSSR count). The highest BCUT2D eigenvalue weighted by Crippen LogP contribution is 2.27. The Labute approximate surface area is 121 Å². The molecule has 8 nitrogen and oxygen atoms in total. The zero-order valence-electron chi connectivity index (χ0n) is 11.5. The van der Waals surface area contributed by atoms with Gasteiger partial charge in [-0.25, -0.2) is 14.6 Å². The van der Waals surface area contributed by atoms with Crippen molar-refractivity contribution in [3.8, 4) is 6.07 Å². The number of rotatable bonds is 7. The third-order valence-corrected chi connectivity index (χ3v) is 3.29. The van der Waals surface area contributed by atoms with Crippen LogP contribution in [0.1, 0.15) is 25.0 Å². The van der Waals surface area contributed by atoms with Crippen molar-refractivity contribution in [3.63, 3.8) is 0 Å². The van der Waals surface area contributed by atoms with Crippen molar-refractivity contribution >= 4 is 12.0 Å². The summed E-state index contributed by atoms with van der Waals surface area (Å²) in [5.41, 5.74) is 0.637. The van der Waals surface area contributed by atoms with Crippen LogP contribution < -0.4 is 5.32 Å². The van der Waals surface area contributed by atoms with Crippen molar-refractivity contribution in [2.24, 2.45) is 0 Å². The molecule has 1 aromatic heterocycles. The lowest BCUT2D eigenvalue weighted by molar-refractivity contribution is -0.139. The fourth-order valence-corrected chi connectivity index (χ4v) is 2.05. The highest BCUT2D eigenvalue weighted by molar-refractivity contribution is 5.83. The van der Waals surface area contributed by atoms with Crippen molar-refractivity contribution in [2.45, 2.75) is 37.8 Å². The summed E-state index contributed by atoms with van der Waals surface area (Å²) in [5.74, 6) is -1.10. The van der Waals surface area contributed by atoms with E-state index in [9.17, 15) is 14.7 Å². The van der Waals surface area contributed by atoms with Gasteiger partial charge in [0.15, 0.2) is 0 Å². The third-order valence-electron chi connectivity index (χ3n) is 3.29. The van der Waals surface area contributed by atoms with Crippen LogP contribution in [0.25, 0.3) is 0 Å². The number of carbonyl (C=O) groups excluding carboxylic acids is 1. The molecule has 0 bridgehead atoms. The summed E-state index contributed by atoms with van der Waals surface area (Å²) in [4.78, 5) is 31.6. The Hall–Kier alpha value is -2.56. The number of imidazole rings is 1. The molecule has 21 heavy (non-hydrogen) atoms. The molecule has 1 heterocycles. The Bertz CT molecular complexity index is 533. The van der Waals surface area contributed by atoms with Crippen LogP contribution in [0.4, 0.5) is 4.79 Å². The summed E-state index contributed by atoms with van der Waals surface area (Å²) in [5, 5.41) is 20.4. The van der Waals surface area contributed by atoms with E-state index in [4.69, 9.17) is 5.26 Å². The fourth-order valence-electron chi connectivity index (χ4n) is 2.05. The van der Waals surface area contributed by atoms with Gasteiger partial charge in [0.2, 0.25) is 0 Å². The monoisotopic (exact) mass is 291 g/mol. The van der Waals surface area contributed by atoms with Crippen LogP contribution in [0.2, 0.25) is 0 Å². The first-order valence-corrected chi connectivity index (χ1v) is 6.76. The first-order chi connectivity index (χ1) is 10.1. The average Bonchev–Trinajstić information content (AvgIpc) is 3.15. The molecule has 3 N–H and O–H groups in total. The van der Waals surface area contributed by atoms with E-state index in [0.29, 0.717) is 12.2 Å². The number of aromatic nitrogens is 2. The van der Waals surface area contributed by atoms with Crippen LogP contribution in [-0.2, 0) is 11.2 Å². The van der Waals surface area contributed by atoms with Gasteiger partial charge in [-0.3, -0.25) is 0 Å². The molecule has 1 aliphatic rings. The van der Waals surface area contributed by atoms with Gasteiger partial charge in [0.05, 0.1) is 18.8 Å². The minimum absolute atomic E-state index is 0.125. The Morgan fingerprint density at radius 1 is 1.62 bits per heavy atom. The molecule has 1 saturated carbocycles.